The Balaban J connectivity index is 1.54. The lowest BCUT2D eigenvalue weighted by molar-refractivity contribution is 0.0894. The molecule has 1 aliphatic rings. The second-order valence-electron chi connectivity index (χ2n) is 5.65. The third kappa shape index (κ3) is 2.92. The molecule has 0 radical (unpaired) electrons. The minimum atomic E-state index is -0.386. The van der Waals surface area contributed by atoms with E-state index in [2.05, 4.69) is 41.3 Å². The van der Waals surface area contributed by atoms with Crippen molar-refractivity contribution in [3.8, 4) is 0 Å². The van der Waals surface area contributed by atoms with E-state index in [9.17, 15) is 5.11 Å². The standard InChI is InChI=1S/C16H21N3O/c1-18(11-16(20)12-19-8-4-7-17-19)15-9-13-5-2-3-6-14(13)10-15/h2-8,15-16,20H,9-12H2,1H3/t16-/m1/s1. The van der Waals surface area contributed by atoms with Crippen LogP contribution in [0.3, 0.4) is 0 Å². The van der Waals surface area contributed by atoms with Crippen LogP contribution in [0.4, 0.5) is 0 Å². The molecule has 1 N–H and O–H groups in total. The molecular formula is C16H21N3O. The van der Waals surface area contributed by atoms with E-state index in [1.165, 1.54) is 11.1 Å². The van der Waals surface area contributed by atoms with Crippen molar-refractivity contribution in [1.82, 2.24) is 14.7 Å². The Bertz CT molecular complexity index is 528. The van der Waals surface area contributed by atoms with Crippen molar-refractivity contribution < 1.29 is 5.11 Å². The number of hydrogen-bond donors (Lipinski definition) is 1. The van der Waals surface area contributed by atoms with Crippen LogP contribution in [0.25, 0.3) is 0 Å². The van der Waals surface area contributed by atoms with Gasteiger partial charge in [-0.3, -0.25) is 4.68 Å². The first-order valence-electron chi connectivity index (χ1n) is 7.15. The van der Waals surface area contributed by atoms with E-state index in [0.29, 0.717) is 19.1 Å². The molecule has 0 saturated carbocycles. The number of aromatic nitrogens is 2. The summed E-state index contributed by atoms with van der Waals surface area (Å²) in [5.41, 5.74) is 2.90. The zero-order valence-corrected chi connectivity index (χ0v) is 11.8. The van der Waals surface area contributed by atoms with Crippen molar-refractivity contribution in [2.45, 2.75) is 31.5 Å². The minimum Gasteiger partial charge on any atom is -0.390 e. The van der Waals surface area contributed by atoms with E-state index in [1.54, 1.807) is 10.9 Å². The summed E-state index contributed by atoms with van der Waals surface area (Å²) in [5.74, 6) is 0. The first-order valence-corrected chi connectivity index (χ1v) is 7.15. The van der Waals surface area contributed by atoms with Crippen LogP contribution < -0.4 is 0 Å². The molecule has 4 heteroatoms. The maximum Gasteiger partial charge on any atom is 0.0862 e. The summed E-state index contributed by atoms with van der Waals surface area (Å²) >= 11 is 0. The van der Waals surface area contributed by atoms with Crippen molar-refractivity contribution in [2.24, 2.45) is 0 Å². The fourth-order valence-corrected chi connectivity index (χ4v) is 3.01. The molecule has 0 saturated heterocycles. The monoisotopic (exact) mass is 271 g/mol. The predicted octanol–water partition coefficient (Wildman–Crippen LogP) is 1.34. The van der Waals surface area contributed by atoms with Gasteiger partial charge in [0.15, 0.2) is 0 Å². The third-order valence-corrected chi connectivity index (χ3v) is 4.11. The van der Waals surface area contributed by atoms with Gasteiger partial charge in [-0.05, 0) is 37.1 Å². The molecule has 106 valence electrons. The maximum atomic E-state index is 10.2. The molecule has 1 aromatic carbocycles. The number of aliphatic hydroxyl groups excluding tert-OH is 1. The first kappa shape index (κ1) is 13.3. The van der Waals surface area contributed by atoms with Gasteiger partial charge in [0.1, 0.15) is 0 Å². The highest BCUT2D eigenvalue weighted by Crippen LogP contribution is 2.24. The van der Waals surface area contributed by atoms with Gasteiger partial charge >= 0.3 is 0 Å². The summed E-state index contributed by atoms with van der Waals surface area (Å²) in [7, 11) is 2.10. The summed E-state index contributed by atoms with van der Waals surface area (Å²) in [5, 5.41) is 14.3. The van der Waals surface area contributed by atoms with Crippen LogP contribution in [0.2, 0.25) is 0 Å². The van der Waals surface area contributed by atoms with E-state index in [4.69, 9.17) is 0 Å². The number of hydrogen-bond acceptors (Lipinski definition) is 3. The van der Waals surface area contributed by atoms with E-state index >= 15 is 0 Å². The van der Waals surface area contributed by atoms with Gasteiger partial charge in [0.25, 0.3) is 0 Å². The Kier molecular flexibility index (Phi) is 3.85. The molecule has 0 spiro atoms. The molecule has 1 heterocycles. The molecule has 0 bridgehead atoms. The molecule has 0 amide bonds. The van der Waals surface area contributed by atoms with Crippen molar-refractivity contribution >= 4 is 0 Å². The topological polar surface area (TPSA) is 41.3 Å². The van der Waals surface area contributed by atoms with Crippen LogP contribution in [-0.2, 0) is 19.4 Å². The van der Waals surface area contributed by atoms with E-state index < -0.39 is 0 Å². The molecular weight excluding hydrogens is 250 g/mol. The van der Waals surface area contributed by atoms with Crippen LogP contribution >= 0.6 is 0 Å². The SMILES string of the molecule is CN(C[C@@H](O)Cn1cccn1)C1Cc2ccccc2C1. The molecule has 0 aliphatic heterocycles. The summed E-state index contributed by atoms with van der Waals surface area (Å²) in [6.07, 6.45) is 5.41. The highest BCUT2D eigenvalue weighted by atomic mass is 16.3. The number of fused-ring (bicyclic) bond motifs is 1. The summed E-state index contributed by atoms with van der Waals surface area (Å²) in [4.78, 5) is 2.27. The fourth-order valence-electron chi connectivity index (χ4n) is 3.01. The Morgan fingerprint density at radius 3 is 2.60 bits per heavy atom. The van der Waals surface area contributed by atoms with Crippen molar-refractivity contribution in [3.05, 3.63) is 53.9 Å². The minimum absolute atomic E-state index is 0.386. The lowest BCUT2D eigenvalue weighted by Gasteiger charge is -2.26. The van der Waals surface area contributed by atoms with Gasteiger partial charge in [-0.1, -0.05) is 24.3 Å². The second kappa shape index (κ2) is 5.77. The third-order valence-electron chi connectivity index (χ3n) is 4.11. The molecule has 3 rings (SSSR count). The van der Waals surface area contributed by atoms with Crippen LogP contribution in [0.5, 0.6) is 0 Å². The zero-order chi connectivity index (χ0) is 13.9. The van der Waals surface area contributed by atoms with Crippen LogP contribution in [-0.4, -0.2) is 45.5 Å². The van der Waals surface area contributed by atoms with Gasteiger partial charge in [0.2, 0.25) is 0 Å². The molecule has 0 fully saturated rings. The van der Waals surface area contributed by atoms with Gasteiger partial charge in [0, 0.05) is 25.0 Å². The van der Waals surface area contributed by atoms with Gasteiger partial charge in [-0.2, -0.15) is 5.10 Å². The normalized spacial score (nSPS) is 16.6. The van der Waals surface area contributed by atoms with E-state index in [-0.39, 0.29) is 6.10 Å². The van der Waals surface area contributed by atoms with Crippen molar-refractivity contribution in [1.29, 1.82) is 0 Å². The Labute approximate surface area is 119 Å². The summed E-state index contributed by atoms with van der Waals surface area (Å²) < 4.78 is 1.78. The number of benzene rings is 1. The van der Waals surface area contributed by atoms with Crippen LogP contribution in [0.1, 0.15) is 11.1 Å². The van der Waals surface area contributed by atoms with Crippen molar-refractivity contribution in [3.63, 3.8) is 0 Å². The molecule has 1 aromatic heterocycles. The lowest BCUT2D eigenvalue weighted by atomic mass is 10.1. The number of likely N-dealkylation sites (N-methyl/N-ethyl adjacent to an activating group) is 1. The summed E-state index contributed by atoms with van der Waals surface area (Å²) in [6, 6.07) is 11.0. The van der Waals surface area contributed by atoms with Crippen LogP contribution in [0, 0.1) is 0 Å². The van der Waals surface area contributed by atoms with Gasteiger partial charge < -0.3 is 10.0 Å². The predicted molar refractivity (Wildman–Crippen MR) is 78.5 cm³/mol. The average molecular weight is 271 g/mol. The van der Waals surface area contributed by atoms with Gasteiger partial charge in [-0.25, -0.2) is 0 Å². The van der Waals surface area contributed by atoms with Gasteiger partial charge in [0.05, 0.1) is 12.6 Å². The Hall–Kier alpha value is -1.65. The van der Waals surface area contributed by atoms with E-state index in [1.807, 2.05) is 12.3 Å². The lowest BCUT2D eigenvalue weighted by Crippen LogP contribution is -2.39. The van der Waals surface area contributed by atoms with Gasteiger partial charge in [-0.15, -0.1) is 0 Å². The maximum absolute atomic E-state index is 10.2. The Morgan fingerprint density at radius 1 is 1.30 bits per heavy atom. The molecule has 0 unspecified atom stereocenters. The zero-order valence-electron chi connectivity index (χ0n) is 11.8. The quantitative estimate of drug-likeness (QED) is 0.892. The number of nitrogens with zero attached hydrogens (tertiary/aromatic N) is 3. The number of rotatable bonds is 5. The van der Waals surface area contributed by atoms with E-state index in [0.717, 1.165) is 12.8 Å². The average Bonchev–Trinajstić information content (AvgIpc) is 3.06. The first-order chi connectivity index (χ1) is 9.72. The fraction of sp³-hybridized carbons (Fsp3) is 0.438. The number of aliphatic hydroxyl groups is 1. The van der Waals surface area contributed by atoms with Crippen LogP contribution in [0.15, 0.2) is 42.7 Å². The highest BCUT2D eigenvalue weighted by Gasteiger charge is 2.25. The molecule has 4 nitrogen and oxygen atoms in total. The molecule has 1 aliphatic carbocycles. The molecule has 2 aromatic rings. The smallest absolute Gasteiger partial charge is 0.0862 e. The second-order valence-corrected chi connectivity index (χ2v) is 5.65. The largest absolute Gasteiger partial charge is 0.390 e. The Morgan fingerprint density at radius 2 is 2.00 bits per heavy atom. The summed E-state index contributed by atoms with van der Waals surface area (Å²) in [6.45, 7) is 1.23. The molecule has 1 atom stereocenters. The molecule has 20 heavy (non-hydrogen) atoms. The highest BCUT2D eigenvalue weighted by molar-refractivity contribution is 5.33. The van der Waals surface area contributed by atoms with Crippen molar-refractivity contribution in [2.75, 3.05) is 13.6 Å².